The molecule has 1 rings (SSSR count). The molecule has 0 saturated heterocycles. The molecule has 0 unspecified atom stereocenters. The van der Waals surface area contributed by atoms with Crippen LogP contribution in [0.15, 0.2) is 29.1 Å². The van der Waals surface area contributed by atoms with Gasteiger partial charge in [0.2, 0.25) is 0 Å². The molecular weight excluding hydrogens is 192 g/mol. The maximum atomic E-state index is 11.7. The zero-order valence-electron chi connectivity index (χ0n) is 8.95. The fourth-order valence-corrected chi connectivity index (χ4v) is 1.28. The molecule has 0 aromatic heterocycles. The van der Waals surface area contributed by atoms with Crippen LogP contribution in [0, 0.1) is 6.92 Å². The summed E-state index contributed by atoms with van der Waals surface area (Å²) >= 11 is 0. The first-order chi connectivity index (χ1) is 7.15. The third kappa shape index (κ3) is 3.20. The molecule has 3 nitrogen and oxygen atoms in total. The zero-order chi connectivity index (χ0) is 11.3. The highest BCUT2D eigenvalue weighted by Crippen LogP contribution is 1.97. The Morgan fingerprint density at radius 2 is 2.00 bits per heavy atom. The number of aryl methyl sites for hydroxylation is 1. The van der Waals surface area contributed by atoms with Crippen LogP contribution in [0.3, 0.4) is 0 Å². The van der Waals surface area contributed by atoms with Gasteiger partial charge in [-0.15, -0.1) is 0 Å². The third-order valence-electron chi connectivity index (χ3n) is 2.04. The third-order valence-corrected chi connectivity index (χ3v) is 2.04. The SMILES string of the molecule is CCOC(=O)Cc1ccccc(C)c1=O. The highest BCUT2D eigenvalue weighted by atomic mass is 16.5. The number of hydrogen-bond donors (Lipinski definition) is 0. The van der Waals surface area contributed by atoms with E-state index in [1.54, 1.807) is 38.1 Å². The molecule has 0 bridgehead atoms. The maximum Gasteiger partial charge on any atom is 0.310 e. The second-order valence-corrected chi connectivity index (χ2v) is 3.24. The van der Waals surface area contributed by atoms with Gasteiger partial charge in [-0.1, -0.05) is 24.3 Å². The first-order valence-electron chi connectivity index (χ1n) is 4.89. The molecule has 0 aliphatic heterocycles. The van der Waals surface area contributed by atoms with Crippen molar-refractivity contribution in [1.29, 1.82) is 0 Å². The van der Waals surface area contributed by atoms with E-state index in [-0.39, 0.29) is 17.8 Å². The fraction of sp³-hybridized carbons (Fsp3) is 0.333. The summed E-state index contributed by atoms with van der Waals surface area (Å²) in [6.45, 7) is 3.81. The Hall–Kier alpha value is -1.64. The Balaban J connectivity index is 2.97. The van der Waals surface area contributed by atoms with Crippen LogP contribution in [0.1, 0.15) is 18.1 Å². The summed E-state index contributed by atoms with van der Waals surface area (Å²) in [7, 11) is 0. The van der Waals surface area contributed by atoms with Gasteiger partial charge in [0, 0.05) is 5.56 Å². The van der Waals surface area contributed by atoms with Gasteiger partial charge in [0.1, 0.15) is 0 Å². The summed E-state index contributed by atoms with van der Waals surface area (Å²) in [4.78, 5) is 22.9. The number of carbonyl (C=O) groups excluding carboxylic acids is 1. The fourth-order valence-electron chi connectivity index (χ4n) is 1.28. The van der Waals surface area contributed by atoms with Crippen molar-refractivity contribution < 1.29 is 9.53 Å². The molecule has 1 aromatic carbocycles. The van der Waals surface area contributed by atoms with E-state index < -0.39 is 0 Å². The van der Waals surface area contributed by atoms with Gasteiger partial charge in [-0.05, 0) is 19.4 Å². The summed E-state index contributed by atoms with van der Waals surface area (Å²) in [6, 6.07) is 6.93. The average molecular weight is 206 g/mol. The molecule has 0 aliphatic rings. The summed E-state index contributed by atoms with van der Waals surface area (Å²) in [5.41, 5.74) is 1.03. The summed E-state index contributed by atoms with van der Waals surface area (Å²) in [5, 5.41) is 0. The van der Waals surface area contributed by atoms with Crippen LogP contribution in [-0.4, -0.2) is 12.6 Å². The van der Waals surface area contributed by atoms with Crippen LogP contribution in [0.25, 0.3) is 0 Å². The van der Waals surface area contributed by atoms with Crippen molar-refractivity contribution in [2.24, 2.45) is 0 Å². The zero-order valence-corrected chi connectivity index (χ0v) is 8.95. The van der Waals surface area contributed by atoms with Gasteiger partial charge < -0.3 is 4.74 Å². The van der Waals surface area contributed by atoms with Crippen molar-refractivity contribution in [2.45, 2.75) is 20.3 Å². The molecule has 15 heavy (non-hydrogen) atoms. The van der Waals surface area contributed by atoms with Crippen molar-refractivity contribution in [2.75, 3.05) is 6.61 Å². The molecule has 0 fully saturated rings. The van der Waals surface area contributed by atoms with Gasteiger partial charge in [-0.3, -0.25) is 9.59 Å². The highest BCUT2D eigenvalue weighted by Gasteiger charge is 2.07. The smallest absolute Gasteiger partial charge is 0.310 e. The van der Waals surface area contributed by atoms with E-state index in [4.69, 9.17) is 4.74 Å². The second-order valence-electron chi connectivity index (χ2n) is 3.24. The quantitative estimate of drug-likeness (QED) is 0.703. The number of hydrogen-bond acceptors (Lipinski definition) is 3. The molecule has 0 atom stereocenters. The van der Waals surface area contributed by atoms with Crippen LogP contribution < -0.4 is 5.43 Å². The lowest BCUT2D eigenvalue weighted by atomic mass is 10.1. The van der Waals surface area contributed by atoms with Crippen molar-refractivity contribution in [1.82, 2.24) is 0 Å². The topological polar surface area (TPSA) is 43.4 Å². The molecule has 0 heterocycles. The molecule has 3 heteroatoms. The van der Waals surface area contributed by atoms with Gasteiger partial charge in [0.25, 0.3) is 0 Å². The minimum Gasteiger partial charge on any atom is -0.466 e. The largest absolute Gasteiger partial charge is 0.466 e. The lowest BCUT2D eigenvalue weighted by Gasteiger charge is -1.99. The number of rotatable bonds is 3. The Kier molecular flexibility index (Phi) is 4.03. The number of ether oxygens (including phenoxy) is 1. The van der Waals surface area contributed by atoms with E-state index in [1.165, 1.54) is 0 Å². The first kappa shape index (κ1) is 11.4. The van der Waals surface area contributed by atoms with Crippen LogP contribution >= 0.6 is 0 Å². The minimum absolute atomic E-state index is 0.0438. The summed E-state index contributed by atoms with van der Waals surface area (Å²) in [6.07, 6.45) is 0.0438. The lowest BCUT2D eigenvalue weighted by molar-refractivity contribution is -0.142. The molecule has 0 N–H and O–H groups in total. The molecule has 0 amide bonds. The van der Waals surface area contributed by atoms with E-state index in [0.29, 0.717) is 17.7 Å². The second kappa shape index (κ2) is 5.29. The Bertz CT molecular complexity index is 410. The van der Waals surface area contributed by atoms with E-state index in [2.05, 4.69) is 0 Å². The summed E-state index contributed by atoms with van der Waals surface area (Å²) in [5.74, 6) is -0.361. The minimum atomic E-state index is -0.361. The molecule has 1 aromatic rings. The van der Waals surface area contributed by atoms with E-state index >= 15 is 0 Å². The van der Waals surface area contributed by atoms with Crippen LogP contribution in [0.2, 0.25) is 0 Å². The monoisotopic (exact) mass is 206 g/mol. The predicted molar refractivity (Wildman–Crippen MR) is 57.8 cm³/mol. The van der Waals surface area contributed by atoms with Crippen molar-refractivity contribution >= 4 is 5.97 Å². The Morgan fingerprint density at radius 3 is 2.67 bits per heavy atom. The number of carbonyl (C=O) groups is 1. The van der Waals surface area contributed by atoms with E-state index in [0.717, 1.165) is 0 Å². The van der Waals surface area contributed by atoms with Gasteiger partial charge in [0.05, 0.1) is 13.0 Å². The van der Waals surface area contributed by atoms with Crippen LogP contribution in [0.4, 0.5) is 0 Å². The Labute approximate surface area is 88.7 Å². The first-order valence-corrected chi connectivity index (χ1v) is 4.89. The van der Waals surface area contributed by atoms with Gasteiger partial charge in [-0.2, -0.15) is 0 Å². The van der Waals surface area contributed by atoms with Crippen molar-refractivity contribution in [3.05, 3.63) is 45.6 Å². The standard InChI is InChI=1S/C12H14O3/c1-3-15-11(13)8-10-7-5-4-6-9(2)12(10)14/h4-7H,3,8H2,1-2H3. The number of esters is 1. The van der Waals surface area contributed by atoms with Crippen LogP contribution in [-0.2, 0) is 16.0 Å². The van der Waals surface area contributed by atoms with Gasteiger partial charge in [-0.25, -0.2) is 0 Å². The maximum absolute atomic E-state index is 11.7. The molecule has 80 valence electrons. The van der Waals surface area contributed by atoms with Crippen molar-refractivity contribution in [3.8, 4) is 0 Å². The molecule has 0 aliphatic carbocycles. The highest BCUT2D eigenvalue weighted by molar-refractivity contribution is 5.72. The molecule has 0 saturated carbocycles. The summed E-state index contributed by atoms with van der Waals surface area (Å²) < 4.78 is 4.79. The van der Waals surface area contributed by atoms with Gasteiger partial charge >= 0.3 is 5.97 Å². The van der Waals surface area contributed by atoms with E-state index in [9.17, 15) is 9.59 Å². The molecule has 0 spiro atoms. The normalized spacial score (nSPS) is 9.73. The van der Waals surface area contributed by atoms with Gasteiger partial charge in [0.15, 0.2) is 5.43 Å². The lowest BCUT2D eigenvalue weighted by Crippen LogP contribution is -2.15. The average Bonchev–Trinajstić information content (AvgIpc) is 2.34. The van der Waals surface area contributed by atoms with E-state index in [1.807, 2.05) is 0 Å². The van der Waals surface area contributed by atoms with Crippen molar-refractivity contribution in [3.63, 3.8) is 0 Å². The Morgan fingerprint density at radius 1 is 1.33 bits per heavy atom. The molecule has 0 radical (unpaired) electrons. The predicted octanol–water partition coefficient (Wildman–Crippen LogP) is 1.46. The van der Waals surface area contributed by atoms with Crippen LogP contribution in [0.5, 0.6) is 0 Å². The molecular formula is C12H14O3.